The normalized spacial score (nSPS) is 16.0. The quantitative estimate of drug-likeness (QED) is 0.526. The summed E-state index contributed by atoms with van der Waals surface area (Å²) in [5.74, 6) is 0.0570. The van der Waals surface area contributed by atoms with Crippen LogP contribution >= 0.6 is 0 Å². The number of hydrogen-bond donors (Lipinski definition) is 1. The highest BCUT2D eigenvalue weighted by atomic mass is 19.3. The van der Waals surface area contributed by atoms with Gasteiger partial charge in [0.15, 0.2) is 5.82 Å². The van der Waals surface area contributed by atoms with Gasteiger partial charge in [-0.15, -0.1) is 0 Å². The van der Waals surface area contributed by atoms with E-state index in [1.54, 1.807) is 11.8 Å². The Balaban J connectivity index is 1.56. The predicted octanol–water partition coefficient (Wildman–Crippen LogP) is 5.46. The monoisotopic (exact) mass is 442 g/mol. The van der Waals surface area contributed by atoms with E-state index in [2.05, 4.69) is 10.4 Å². The van der Waals surface area contributed by atoms with Gasteiger partial charge in [0, 0.05) is 36.7 Å². The number of aryl methyl sites for hydroxylation is 2. The first-order chi connectivity index (χ1) is 15.3. The van der Waals surface area contributed by atoms with E-state index in [0.717, 1.165) is 22.7 Å². The van der Waals surface area contributed by atoms with E-state index in [9.17, 15) is 8.78 Å². The molecule has 4 rings (SSSR count). The van der Waals surface area contributed by atoms with E-state index in [1.807, 2.05) is 56.3 Å². The minimum Gasteiger partial charge on any atom is -0.497 e. The summed E-state index contributed by atoms with van der Waals surface area (Å²) in [6.45, 7) is 4.26. The molecule has 0 amide bonds. The lowest BCUT2D eigenvalue weighted by Gasteiger charge is -2.29. The molecule has 0 saturated heterocycles. The molecule has 8 heteroatoms. The molecule has 1 fully saturated rings. The van der Waals surface area contributed by atoms with E-state index < -0.39 is 5.92 Å². The number of alkyl halides is 2. The van der Waals surface area contributed by atoms with Crippen LogP contribution in [-0.2, 0) is 6.61 Å². The SMILES string of the molecule is COc1ccc(COc2cc(NC3CCC(F)(F)CC3)nc(-n3nc(C)cc3C)c2)cc1. The van der Waals surface area contributed by atoms with Crippen LogP contribution in [0, 0.1) is 13.8 Å². The van der Waals surface area contributed by atoms with Gasteiger partial charge in [0.05, 0.1) is 12.8 Å². The molecule has 0 atom stereocenters. The third-order valence-electron chi connectivity index (χ3n) is 5.65. The molecule has 170 valence electrons. The molecule has 2 heterocycles. The number of aromatic nitrogens is 3. The maximum absolute atomic E-state index is 13.5. The largest absolute Gasteiger partial charge is 0.497 e. The van der Waals surface area contributed by atoms with Crippen LogP contribution in [0.15, 0.2) is 42.5 Å². The van der Waals surface area contributed by atoms with Gasteiger partial charge in [-0.2, -0.15) is 5.10 Å². The maximum Gasteiger partial charge on any atom is 0.248 e. The molecule has 1 aliphatic rings. The third-order valence-corrected chi connectivity index (χ3v) is 5.65. The average molecular weight is 443 g/mol. The number of anilines is 1. The predicted molar refractivity (Wildman–Crippen MR) is 119 cm³/mol. The Hall–Kier alpha value is -3.16. The highest BCUT2D eigenvalue weighted by Crippen LogP contribution is 2.34. The van der Waals surface area contributed by atoms with Crippen LogP contribution in [0.5, 0.6) is 11.5 Å². The molecule has 1 saturated carbocycles. The van der Waals surface area contributed by atoms with Gasteiger partial charge in [0.1, 0.15) is 23.9 Å². The summed E-state index contributed by atoms with van der Waals surface area (Å²) >= 11 is 0. The van der Waals surface area contributed by atoms with E-state index in [4.69, 9.17) is 14.5 Å². The van der Waals surface area contributed by atoms with Gasteiger partial charge in [0.2, 0.25) is 5.92 Å². The van der Waals surface area contributed by atoms with Crippen molar-refractivity contribution in [3.05, 3.63) is 59.4 Å². The number of ether oxygens (including phenoxy) is 2. The number of pyridine rings is 1. The fraction of sp³-hybridized carbons (Fsp3) is 0.417. The summed E-state index contributed by atoms with van der Waals surface area (Å²) < 4.78 is 40.1. The van der Waals surface area contributed by atoms with Crippen molar-refractivity contribution in [3.8, 4) is 17.3 Å². The summed E-state index contributed by atoms with van der Waals surface area (Å²) in [5, 5.41) is 7.85. The zero-order valence-corrected chi connectivity index (χ0v) is 18.6. The summed E-state index contributed by atoms with van der Waals surface area (Å²) in [6.07, 6.45) is 0.590. The first-order valence-corrected chi connectivity index (χ1v) is 10.8. The number of nitrogens with one attached hydrogen (secondary N) is 1. The number of nitrogens with zero attached hydrogens (tertiary/aromatic N) is 3. The molecule has 0 aliphatic heterocycles. The topological polar surface area (TPSA) is 61.2 Å². The van der Waals surface area contributed by atoms with Crippen LogP contribution in [0.4, 0.5) is 14.6 Å². The first-order valence-electron chi connectivity index (χ1n) is 10.8. The zero-order chi connectivity index (χ0) is 22.7. The Bertz CT molecular complexity index is 1060. The van der Waals surface area contributed by atoms with E-state index >= 15 is 0 Å². The second kappa shape index (κ2) is 9.14. The molecule has 6 nitrogen and oxygen atoms in total. The summed E-state index contributed by atoms with van der Waals surface area (Å²) in [5.41, 5.74) is 2.84. The van der Waals surface area contributed by atoms with Crippen molar-refractivity contribution in [2.75, 3.05) is 12.4 Å². The number of methoxy groups -OCH3 is 1. The van der Waals surface area contributed by atoms with Gasteiger partial charge in [-0.3, -0.25) is 0 Å². The highest BCUT2D eigenvalue weighted by Gasteiger charge is 2.35. The smallest absolute Gasteiger partial charge is 0.248 e. The van der Waals surface area contributed by atoms with Gasteiger partial charge < -0.3 is 14.8 Å². The molecule has 1 N–H and O–H groups in total. The van der Waals surface area contributed by atoms with Crippen molar-refractivity contribution < 1.29 is 18.3 Å². The van der Waals surface area contributed by atoms with E-state index in [0.29, 0.717) is 36.8 Å². The molecule has 0 bridgehead atoms. The van der Waals surface area contributed by atoms with Gasteiger partial charge >= 0.3 is 0 Å². The Labute approximate surface area is 186 Å². The Kier molecular flexibility index (Phi) is 6.30. The summed E-state index contributed by atoms with van der Waals surface area (Å²) in [4.78, 5) is 4.69. The lowest BCUT2D eigenvalue weighted by atomic mass is 9.92. The molecular weight excluding hydrogens is 414 g/mol. The Morgan fingerprint density at radius 3 is 2.41 bits per heavy atom. The standard InChI is InChI=1S/C24H28F2N4O2/c1-16-12-17(2)30(29-16)23-14-21(32-15-18-4-6-20(31-3)7-5-18)13-22(28-23)27-19-8-10-24(25,26)11-9-19/h4-7,12-14,19H,8-11,15H2,1-3H3,(H,27,28). The van der Waals surface area contributed by atoms with Crippen molar-refractivity contribution in [2.45, 2.75) is 58.1 Å². The van der Waals surface area contributed by atoms with Gasteiger partial charge in [0.25, 0.3) is 0 Å². The third kappa shape index (κ3) is 5.36. The van der Waals surface area contributed by atoms with Crippen molar-refractivity contribution in [3.63, 3.8) is 0 Å². The van der Waals surface area contributed by atoms with Crippen molar-refractivity contribution in [2.24, 2.45) is 0 Å². The first kappa shape index (κ1) is 22.0. The van der Waals surface area contributed by atoms with Gasteiger partial charge in [-0.05, 0) is 50.5 Å². The van der Waals surface area contributed by atoms with Crippen LogP contribution in [0.1, 0.15) is 42.6 Å². The van der Waals surface area contributed by atoms with Crippen LogP contribution in [-0.4, -0.2) is 33.8 Å². The van der Waals surface area contributed by atoms with Gasteiger partial charge in [-0.1, -0.05) is 12.1 Å². The molecule has 3 aromatic rings. The molecule has 0 radical (unpaired) electrons. The second-order valence-electron chi connectivity index (χ2n) is 8.30. The van der Waals surface area contributed by atoms with Crippen LogP contribution in [0.2, 0.25) is 0 Å². The fourth-order valence-corrected chi connectivity index (χ4v) is 3.90. The van der Waals surface area contributed by atoms with Crippen molar-refractivity contribution in [1.29, 1.82) is 0 Å². The minimum atomic E-state index is -2.57. The summed E-state index contributed by atoms with van der Waals surface area (Å²) in [6, 6.07) is 13.2. The van der Waals surface area contributed by atoms with Crippen LogP contribution in [0.25, 0.3) is 5.82 Å². The molecular formula is C24H28F2N4O2. The molecule has 1 aromatic carbocycles. The number of halogens is 2. The van der Waals surface area contributed by atoms with Crippen molar-refractivity contribution in [1.82, 2.24) is 14.8 Å². The zero-order valence-electron chi connectivity index (χ0n) is 18.6. The molecule has 1 aliphatic carbocycles. The van der Waals surface area contributed by atoms with E-state index in [-0.39, 0.29) is 18.9 Å². The lowest BCUT2D eigenvalue weighted by molar-refractivity contribution is -0.0361. The number of hydrogen-bond acceptors (Lipinski definition) is 5. The molecule has 0 spiro atoms. The van der Waals surface area contributed by atoms with Crippen LogP contribution < -0.4 is 14.8 Å². The maximum atomic E-state index is 13.5. The number of benzene rings is 1. The Morgan fingerprint density at radius 2 is 1.78 bits per heavy atom. The molecule has 32 heavy (non-hydrogen) atoms. The Morgan fingerprint density at radius 1 is 1.06 bits per heavy atom. The second-order valence-corrected chi connectivity index (χ2v) is 8.30. The van der Waals surface area contributed by atoms with Crippen LogP contribution in [0.3, 0.4) is 0 Å². The highest BCUT2D eigenvalue weighted by molar-refractivity contribution is 5.48. The molecule has 0 unspecified atom stereocenters. The minimum absolute atomic E-state index is 0.0488. The molecule has 2 aromatic heterocycles. The summed E-state index contributed by atoms with van der Waals surface area (Å²) in [7, 11) is 1.63. The van der Waals surface area contributed by atoms with E-state index in [1.165, 1.54) is 0 Å². The fourth-order valence-electron chi connectivity index (χ4n) is 3.90. The lowest BCUT2D eigenvalue weighted by Crippen LogP contribution is -2.32. The average Bonchev–Trinajstić information content (AvgIpc) is 3.12. The van der Waals surface area contributed by atoms with Crippen molar-refractivity contribution >= 4 is 5.82 Å². The number of rotatable bonds is 7. The van der Waals surface area contributed by atoms with Gasteiger partial charge in [-0.25, -0.2) is 18.4 Å².